The quantitative estimate of drug-likeness (QED) is 0.852. The number of furan rings is 1. The molecular weight excluding hydrogens is 347 g/mol. The zero-order valence-electron chi connectivity index (χ0n) is 15.4. The lowest BCUT2D eigenvalue weighted by molar-refractivity contribution is -0.143. The Kier molecular flexibility index (Phi) is 4.98. The van der Waals surface area contributed by atoms with Gasteiger partial charge < -0.3 is 15.1 Å². The molecule has 2 N–H and O–H groups in total. The molecule has 2 atom stereocenters. The highest BCUT2D eigenvalue weighted by Crippen LogP contribution is 2.41. The first kappa shape index (κ1) is 19.1. The molecule has 1 aliphatic heterocycles. The van der Waals surface area contributed by atoms with Crippen molar-refractivity contribution < 1.29 is 22.4 Å². The van der Waals surface area contributed by atoms with Crippen LogP contribution < -0.4 is 10.6 Å². The molecule has 8 heteroatoms. The Bertz CT molecular complexity index is 669. The lowest BCUT2D eigenvalue weighted by Crippen LogP contribution is -2.46. The fourth-order valence-electron chi connectivity index (χ4n) is 4.05. The van der Waals surface area contributed by atoms with Crippen molar-refractivity contribution >= 4 is 6.03 Å². The van der Waals surface area contributed by atoms with Crippen LogP contribution in [0.4, 0.5) is 18.0 Å². The molecule has 2 aliphatic rings. The Labute approximate surface area is 151 Å². The molecule has 0 aromatic carbocycles. The zero-order chi connectivity index (χ0) is 19.1. The van der Waals surface area contributed by atoms with Gasteiger partial charge in [-0.2, -0.15) is 13.2 Å². The van der Waals surface area contributed by atoms with E-state index in [4.69, 9.17) is 4.42 Å². The van der Waals surface area contributed by atoms with E-state index in [9.17, 15) is 18.0 Å². The van der Waals surface area contributed by atoms with Gasteiger partial charge in [-0.3, -0.25) is 4.90 Å². The number of amides is 2. The lowest BCUT2D eigenvalue weighted by atomic mass is 9.75. The van der Waals surface area contributed by atoms with Crippen molar-refractivity contribution in [2.45, 2.75) is 58.3 Å². The van der Waals surface area contributed by atoms with E-state index in [0.717, 1.165) is 29.9 Å². The number of likely N-dealkylation sites (tertiary alicyclic amines) is 1. The second-order valence-corrected chi connectivity index (χ2v) is 8.29. The summed E-state index contributed by atoms with van der Waals surface area (Å²) in [6, 6.07) is 1.20. The Morgan fingerprint density at radius 3 is 2.81 bits per heavy atom. The maximum absolute atomic E-state index is 12.5. The summed E-state index contributed by atoms with van der Waals surface area (Å²) in [5, 5.41) is 5.80. The third-order valence-electron chi connectivity index (χ3n) is 5.05. The minimum Gasteiger partial charge on any atom is -0.466 e. The molecule has 146 valence electrons. The van der Waals surface area contributed by atoms with Crippen molar-refractivity contribution in [2.75, 3.05) is 19.6 Å². The summed E-state index contributed by atoms with van der Waals surface area (Å²) in [5.41, 5.74) is 1.01. The van der Waals surface area contributed by atoms with Crippen LogP contribution in [-0.2, 0) is 6.42 Å². The number of halogens is 3. The maximum Gasteiger partial charge on any atom is 0.401 e. The van der Waals surface area contributed by atoms with E-state index in [-0.39, 0.29) is 30.1 Å². The van der Waals surface area contributed by atoms with Gasteiger partial charge in [-0.25, -0.2) is 4.79 Å². The molecule has 0 spiro atoms. The second-order valence-electron chi connectivity index (χ2n) is 8.29. The number of urea groups is 1. The number of hydrogen-bond acceptors (Lipinski definition) is 3. The molecular formula is C18H26F3N3O2. The Hall–Kier alpha value is -1.70. The van der Waals surface area contributed by atoms with Gasteiger partial charge in [0.15, 0.2) is 0 Å². The molecule has 26 heavy (non-hydrogen) atoms. The summed E-state index contributed by atoms with van der Waals surface area (Å²) in [6.45, 7) is 5.78. The predicted octanol–water partition coefficient (Wildman–Crippen LogP) is 3.54. The first-order chi connectivity index (χ1) is 12.0. The van der Waals surface area contributed by atoms with Crippen LogP contribution in [0.1, 0.15) is 49.8 Å². The van der Waals surface area contributed by atoms with Crippen LogP contribution in [-0.4, -0.2) is 42.8 Å². The van der Waals surface area contributed by atoms with E-state index in [1.807, 2.05) is 13.0 Å². The molecule has 1 aliphatic carbocycles. The molecule has 1 aromatic heterocycles. The van der Waals surface area contributed by atoms with Crippen LogP contribution >= 0.6 is 0 Å². The first-order valence-electron chi connectivity index (χ1n) is 8.96. The van der Waals surface area contributed by atoms with Crippen LogP contribution in [0.5, 0.6) is 0 Å². The molecule has 0 radical (unpaired) electrons. The van der Waals surface area contributed by atoms with Crippen LogP contribution in [0.15, 0.2) is 10.5 Å². The smallest absolute Gasteiger partial charge is 0.401 e. The molecule has 1 aromatic rings. The minimum absolute atomic E-state index is 0.00606. The number of nitrogens with one attached hydrogen (secondary N) is 2. The Morgan fingerprint density at radius 1 is 1.38 bits per heavy atom. The average Bonchev–Trinajstić information content (AvgIpc) is 3.01. The molecule has 1 saturated heterocycles. The van der Waals surface area contributed by atoms with E-state index in [0.29, 0.717) is 13.0 Å². The molecule has 2 amide bonds. The summed E-state index contributed by atoms with van der Waals surface area (Å²) in [6.07, 6.45) is -2.07. The largest absolute Gasteiger partial charge is 0.466 e. The van der Waals surface area contributed by atoms with Crippen LogP contribution in [0, 0.1) is 12.3 Å². The minimum atomic E-state index is -4.21. The van der Waals surface area contributed by atoms with Gasteiger partial charge in [-0.1, -0.05) is 13.8 Å². The van der Waals surface area contributed by atoms with Crippen LogP contribution in [0.2, 0.25) is 0 Å². The standard InChI is InChI=1S/C18H26F3N3O2/c1-11-6-13-14(7-17(2,3)8-15(13)26-11)23-16(25)22-12-4-5-24(9-12)10-18(19,20)21/h6,12,14H,4-5,7-10H2,1-3H3,(H2,22,23,25)/t12-,14-/m1/s1. The number of fused-ring (bicyclic) bond motifs is 1. The summed E-state index contributed by atoms with van der Waals surface area (Å²) in [7, 11) is 0. The summed E-state index contributed by atoms with van der Waals surface area (Å²) >= 11 is 0. The summed E-state index contributed by atoms with van der Waals surface area (Å²) in [4.78, 5) is 13.7. The number of carbonyl (C=O) groups is 1. The van der Waals surface area contributed by atoms with E-state index >= 15 is 0 Å². The molecule has 0 saturated carbocycles. The fraction of sp³-hybridized carbons (Fsp3) is 0.722. The highest BCUT2D eigenvalue weighted by atomic mass is 19.4. The van der Waals surface area contributed by atoms with Crippen molar-refractivity contribution in [1.29, 1.82) is 0 Å². The van der Waals surface area contributed by atoms with Gasteiger partial charge in [0, 0.05) is 31.1 Å². The van der Waals surface area contributed by atoms with Gasteiger partial charge in [-0.05, 0) is 31.2 Å². The van der Waals surface area contributed by atoms with Crippen molar-refractivity contribution in [3.8, 4) is 0 Å². The van der Waals surface area contributed by atoms with Gasteiger partial charge in [0.05, 0.1) is 12.6 Å². The van der Waals surface area contributed by atoms with E-state index in [2.05, 4.69) is 24.5 Å². The predicted molar refractivity (Wildman–Crippen MR) is 90.9 cm³/mol. The van der Waals surface area contributed by atoms with Crippen molar-refractivity contribution in [2.24, 2.45) is 5.41 Å². The maximum atomic E-state index is 12.5. The highest BCUT2D eigenvalue weighted by Gasteiger charge is 2.37. The molecule has 3 rings (SSSR count). The van der Waals surface area contributed by atoms with Crippen LogP contribution in [0.3, 0.4) is 0 Å². The fourth-order valence-corrected chi connectivity index (χ4v) is 4.05. The van der Waals surface area contributed by atoms with Crippen molar-refractivity contribution in [3.63, 3.8) is 0 Å². The number of rotatable bonds is 3. The third kappa shape index (κ3) is 4.72. The monoisotopic (exact) mass is 373 g/mol. The van der Waals surface area contributed by atoms with Crippen molar-refractivity contribution in [1.82, 2.24) is 15.5 Å². The average molecular weight is 373 g/mol. The number of carbonyl (C=O) groups excluding carboxylic acids is 1. The van der Waals surface area contributed by atoms with E-state index < -0.39 is 12.7 Å². The van der Waals surface area contributed by atoms with Gasteiger partial charge in [0.2, 0.25) is 0 Å². The van der Waals surface area contributed by atoms with Crippen LogP contribution in [0.25, 0.3) is 0 Å². The van der Waals surface area contributed by atoms with Crippen molar-refractivity contribution in [3.05, 3.63) is 23.2 Å². The highest BCUT2D eigenvalue weighted by molar-refractivity contribution is 5.75. The Balaban J connectivity index is 1.57. The number of nitrogens with zero attached hydrogens (tertiary/aromatic N) is 1. The van der Waals surface area contributed by atoms with E-state index in [1.165, 1.54) is 4.90 Å². The Morgan fingerprint density at radius 2 is 2.12 bits per heavy atom. The first-order valence-corrected chi connectivity index (χ1v) is 8.96. The molecule has 0 unspecified atom stereocenters. The van der Waals surface area contributed by atoms with Gasteiger partial charge >= 0.3 is 12.2 Å². The number of aryl methyl sites for hydroxylation is 1. The SMILES string of the molecule is Cc1cc2c(o1)CC(C)(C)C[C@H]2NC(=O)N[C@@H]1CCN(CC(F)(F)F)C1. The number of hydrogen-bond donors (Lipinski definition) is 2. The summed E-state index contributed by atoms with van der Waals surface area (Å²) < 4.78 is 43.2. The number of alkyl halides is 3. The third-order valence-corrected chi connectivity index (χ3v) is 5.05. The molecule has 2 heterocycles. The topological polar surface area (TPSA) is 57.5 Å². The molecule has 5 nitrogen and oxygen atoms in total. The van der Waals surface area contributed by atoms with Gasteiger partial charge in [0.1, 0.15) is 11.5 Å². The second kappa shape index (κ2) is 6.79. The zero-order valence-corrected chi connectivity index (χ0v) is 15.4. The normalized spacial score (nSPS) is 25.8. The summed E-state index contributed by atoms with van der Waals surface area (Å²) in [5.74, 6) is 1.72. The van der Waals surface area contributed by atoms with Gasteiger partial charge in [-0.15, -0.1) is 0 Å². The van der Waals surface area contributed by atoms with Gasteiger partial charge in [0.25, 0.3) is 0 Å². The van der Waals surface area contributed by atoms with E-state index in [1.54, 1.807) is 0 Å². The molecule has 0 bridgehead atoms. The lowest BCUT2D eigenvalue weighted by Gasteiger charge is -2.34. The molecule has 1 fully saturated rings.